The van der Waals surface area contributed by atoms with Gasteiger partial charge in [0.25, 0.3) is 11.5 Å². The molecule has 25 heavy (non-hydrogen) atoms. The largest absolute Gasteiger partial charge is 0.348 e. The van der Waals surface area contributed by atoms with Crippen LogP contribution < -0.4 is 10.9 Å². The zero-order valence-electron chi connectivity index (χ0n) is 13.3. The minimum Gasteiger partial charge on any atom is -0.348 e. The Morgan fingerprint density at radius 3 is 2.68 bits per heavy atom. The Hall–Kier alpha value is -3.06. The van der Waals surface area contributed by atoms with Gasteiger partial charge in [-0.1, -0.05) is 23.7 Å². The highest BCUT2D eigenvalue weighted by molar-refractivity contribution is 6.30. The van der Waals surface area contributed by atoms with Crippen molar-refractivity contribution in [2.45, 2.75) is 13.5 Å². The molecule has 0 spiro atoms. The van der Waals surface area contributed by atoms with Crippen molar-refractivity contribution in [3.63, 3.8) is 0 Å². The van der Waals surface area contributed by atoms with Crippen LogP contribution in [0.3, 0.4) is 0 Å². The first kappa shape index (κ1) is 16.8. The maximum atomic E-state index is 12.3. The van der Waals surface area contributed by atoms with Gasteiger partial charge in [0, 0.05) is 17.8 Å². The number of benzene rings is 1. The molecular weight excluding hydrogens is 342 g/mol. The van der Waals surface area contributed by atoms with E-state index in [4.69, 9.17) is 11.6 Å². The van der Waals surface area contributed by atoms with Gasteiger partial charge in [0.2, 0.25) is 0 Å². The van der Waals surface area contributed by atoms with Gasteiger partial charge in [-0.15, -0.1) is 0 Å². The fourth-order valence-corrected chi connectivity index (χ4v) is 2.31. The highest BCUT2D eigenvalue weighted by Gasteiger charge is 2.14. The second-order valence-corrected chi connectivity index (χ2v) is 5.73. The van der Waals surface area contributed by atoms with Crippen LogP contribution in [0.2, 0.25) is 5.02 Å². The molecule has 3 rings (SSSR count). The summed E-state index contributed by atoms with van der Waals surface area (Å²) in [5.74, 6) is 0.0740. The monoisotopic (exact) mass is 355 g/mol. The first-order valence-electron chi connectivity index (χ1n) is 7.45. The average molecular weight is 356 g/mol. The van der Waals surface area contributed by atoms with Crippen LogP contribution in [0.15, 0.2) is 47.4 Å². The van der Waals surface area contributed by atoms with Crippen LogP contribution in [-0.2, 0) is 6.54 Å². The van der Waals surface area contributed by atoms with Crippen LogP contribution in [0.1, 0.15) is 21.7 Å². The number of rotatable bonds is 4. The summed E-state index contributed by atoms with van der Waals surface area (Å²) in [5.41, 5.74) is 1.19. The van der Waals surface area contributed by atoms with Gasteiger partial charge < -0.3 is 5.32 Å². The normalized spacial score (nSPS) is 10.5. The van der Waals surface area contributed by atoms with E-state index in [1.807, 2.05) is 0 Å². The van der Waals surface area contributed by atoms with E-state index in [0.29, 0.717) is 22.2 Å². The number of H-pyrrole nitrogens is 1. The van der Waals surface area contributed by atoms with Crippen molar-refractivity contribution < 1.29 is 4.79 Å². The Balaban J connectivity index is 1.81. The van der Waals surface area contributed by atoms with E-state index in [2.05, 4.69) is 25.5 Å². The molecule has 0 aliphatic carbocycles. The van der Waals surface area contributed by atoms with E-state index in [0.717, 1.165) is 5.56 Å². The van der Waals surface area contributed by atoms with Gasteiger partial charge in [0.15, 0.2) is 0 Å². The molecule has 7 nitrogen and oxygen atoms in total. The van der Waals surface area contributed by atoms with Crippen LogP contribution in [0.4, 0.5) is 0 Å². The van der Waals surface area contributed by atoms with E-state index >= 15 is 0 Å². The number of aryl methyl sites for hydroxylation is 1. The lowest BCUT2D eigenvalue weighted by Crippen LogP contribution is -2.29. The second-order valence-electron chi connectivity index (χ2n) is 5.29. The van der Waals surface area contributed by atoms with Crippen LogP contribution in [-0.4, -0.2) is 26.1 Å². The minimum atomic E-state index is -0.567. The molecule has 3 aromatic rings. The smallest absolute Gasteiger partial charge is 0.277 e. The molecule has 1 amide bonds. The number of nitrogens with zero attached hydrogens (tertiary/aromatic N) is 3. The summed E-state index contributed by atoms with van der Waals surface area (Å²) >= 11 is 5.83. The van der Waals surface area contributed by atoms with Crippen molar-refractivity contribution >= 4 is 17.5 Å². The van der Waals surface area contributed by atoms with Crippen molar-refractivity contribution in [2.75, 3.05) is 0 Å². The number of amides is 1. The molecule has 0 atom stereocenters. The Labute approximate surface area is 148 Å². The number of aromatic amines is 1. The van der Waals surface area contributed by atoms with Gasteiger partial charge >= 0.3 is 0 Å². The molecule has 1 aromatic carbocycles. The molecule has 0 aliphatic rings. The summed E-state index contributed by atoms with van der Waals surface area (Å²) in [6.07, 6.45) is 1.59. The molecule has 2 N–H and O–H groups in total. The number of halogens is 1. The third-order valence-electron chi connectivity index (χ3n) is 3.45. The van der Waals surface area contributed by atoms with Crippen molar-refractivity contribution in [3.8, 4) is 11.4 Å². The Morgan fingerprint density at radius 2 is 1.96 bits per heavy atom. The Kier molecular flexibility index (Phi) is 4.85. The van der Waals surface area contributed by atoms with Crippen molar-refractivity contribution in [3.05, 3.63) is 74.9 Å². The summed E-state index contributed by atoms with van der Waals surface area (Å²) in [6, 6.07) is 10.1. The fourth-order valence-electron chi connectivity index (χ4n) is 2.18. The quantitative estimate of drug-likeness (QED) is 0.746. The molecule has 0 bridgehead atoms. The number of carbonyl (C=O) groups is 1. The Bertz CT molecular complexity index is 969. The van der Waals surface area contributed by atoms with Crippen LogP contribution in [0.25, 0.3) is 11.4 Å². The summed E-state index contributed by atoms with van der Waals surface area (Å²) in [7, 11) is 0. The SMILES string of the molecule is Cc1nccc(-c2cc(C(=O)NCc3ccc(Cl)cc3)c(=O)[nH]n2)n1. The predicted molar refractivity (Wildman–Crippen MR) is 93.2 cm³/mol. The van der Waals surface area contributed by atoms with E-state index in [1.54, 1.807) is 43.5 Å². The van der Waals surface area contributed by atoms with Crippen LogP contribution in [0.5, 0.6) is 0 Å². The summed E-state index contributed by atoms with van der Waals surface area (Å²) in [5, 5.41) is 9.59. The number of aromatic nitrogens is 4. The summed E-state index contributed by atoms with van der Waals surface area (Å²) in [4.78, 5) is 32.5. The maximum Gasteiger partial charge on any atom is 0.277 e. The summed E-state index contributed by atoms with van der Waals surface area (Å²) in [6.45, 7) is 2.02. The molecule has 2 aromatic heterocycles. The standard InChI is InChI=1S/C17H14ClN5O2/c1-10-19-7-6-14(21-10)15-8-13(17(25)23-22-15)16(24)20-9-11-2-4-12(18)5-3-11/h2-8H,9H2,1H3,(H,20,24)(H,23,25). The third kappa shape index (κ3) is 4.07. The third-order valence-corrected chi connectivity index (χ3v) is 3.70. The molecule has 0 saturated heterocycles. The van der Waals surface area contributed by atoms with Crippen molar-refractivity contribution in [1.29, 1.82) is 0 Å². The second kappa shape index (κ2) is 7.23. The van der Waals surface area contributed by atoms with E-state index in [9.17, 15) is 9.59 Å². The molecule has 0 fully saturated rings. The molecule has 0 saturated carbocycles. The van der Waals surface area contributed by atoms with E-state index < -0.39 is 11.5 Å². The maximum absolute atomic E-state index is 12.3. The number of hydrogen-bond acceptors (Lipinski definition) is 5. The molecular formula is C17H14ClN5O2. The lowest BCUT2D eigenvalue weighted by Gasteiger charge is -2.06. The lowest BCUT2D eigenvalue weighted by molar-refractivity contribution is 0.0949. The van der Waals surface area contributed by atoms with Gasteiger partial charge in [0.05, 0.1) is 5.69 Å². The van der Waals surface area contributed by atoms with Gasteiger partial charge in [-0.2, -0.15) is 5.10 Å². The molecule has 0 unspecified atom stereocenters. The summed E-state index contributed by atoms with van der Waals surface area (Å²) < 4.78 is 0. The highest BCUT2D eigenvalue weighted by atomic mass is 35.5. The van der Waals surface area contributed by atoms with Crippen LogP contribution in [0, 0.1) is 6.92 Å². The average Bonchev–Trinajstić information content (AvgIpc) is 2.61. The fraction of sp³-hybridized carbons (Fsp3) is 0.118. The number of hydrogen-bond donors (Lipinski definition) is 2. The zero-order valence-corrected chi connectivity index (χ0v) is 14.0. The molecule has 0 radical (unpaired) electrons. The van der Waals surface area contributed by atoms with Gasteiger partial charge in [-0.25, -0.2) is 15.1 Å². The first-order chi connectivity index (χ1) is 12.0. The molecule has 0 aliphatic heterocycles. The van der Waals surface area contributed by atoms with Gasteiger partial charge in [-0.3, -0.25) is 9.59 Å². The molecule has 8 heteroatoms. The van der Waals surface area contributed by atoms with Crippen molar-refractivity contribution in [2.24, 2.45) is 0 Å². The highest BCUT2D eigenvalue weighted by Crippen LogP contribution is 2.13. The minimum absolute atomic E-state index is 0.0322. The van der Waals surface area contributed by atoms with Crippen LogP contribution >= 0.6 is 11.6 Å². The van der Waals surface area contributed by atoms with Gasteiger partial charge in [0.1, 0.15) is 17.1 Å². The molecule has 126 valence electrons. The topological polar surface area (TPSA) is 101 Å². The number of carbonyl (C=O) groups excluding carboxylic acids is 1. The lowest BCUT2D eigenvalue weighted by atomic mass is 10.2. The van der Waals surface area contributed by atoms with E-state index in [1.165, 1.54) is 6.07 Å². The van der Waals surface area contributed by atoms with Crippen molar-refractivity contribution in [1.82, 2.24) is 25.5 Å². The predicted octanol–water partition coefficient (Wildman–Crippen LogP) is 2.12. The number of nitrogens with one attached hydrogen (secondary N) is 2. The van der Waals surface area contributed by atoms with E-state index in [-0.39, 0.29) is 12.1 Å². The first-order valence-corrected chi connectivity index (χ1v) is 7.83. The zero-order chi connectivity index (χ0) is 17.8. The molecule has 2 heterocycles. The van der Waals surface area contributed by atoms with Gasteiger partial charge in [-0.05, 0) is 36.8 Å². The Morgan fingerprint density at radius 1 is 1.20 bits per heavy atom.